The second-order valence-electron chi connectivity index (χ2n) is 4.92. The first-order chi connectivity index (χ1) is 10.9. The van der Waals surface area contributed by atoms with Crippen LogP contribution in [0.15, 0.2) is 41.8 Å². The zero-order valence-electron chi connectivity index (χ0n) is 12.5. The predicted octanol–water partition coefficient (Wildman–Crippen LogP) is 2.59. The first-order valence-corrected chi connectivity index (χ1v) is 9.99. The summed E-state index contributed by atoms with van der Waals surface area (Å²) >= 11 is 7.42. The van der Waals surface area contributed by atoms with E-state index in [1.807, 2.05) is 5.38 Å². The zero-order valence-corrected chi connectivity index (χ0v) is 14.9. The summed E-state index contributed by atoms with van der Waals surface area (Å²) in [6, 6.07) is 10.6. The Morgan fingerprint density at radius 3 is 2.61 bits per heavy atom. The minimum absolute atomic E-state index is 0.174. The molecular formula is C15H17ClN2O3S2. The molecule has 1 heterocycles. The van der Waals surface area contributed by atoms with Crippen molar-refractivity contribution in [3.63, 3.8) is 0 Å². The largest absolute Gasteiger partial charge is 0.350 e. The highest BCUT2D eigenvalue weighted by Crippen LogP contribution is 2.18. The van der Waals surface area contributed by atoms with Crippen molar-refractivity contribution in [1.29, 1.82) is 0 Å². The average Bonchev–Trinajstić information content (AvgIpc) is 3.01. The fourth-order valence-electron chi connectivity index (χ4n) is 1.97. The first-order valence-electron chi connectivity index (χ1n) is 6.88. The van der Waals surface area contributed by atoms with Crippen LogP contribution in [0.1, 0.15) is 15.2 Å². The van der Waals surface area contributed by atoms with E-state index < -0.39 is 10.0 Å². The minimum Gasteiger partial charge on any atom is -0.350 e. The lowest BCUT2D eigenvalue weighted by atomic mass is 10.2. The molecule has 2 aromatic rings. The Morgan fingerprint density at radius 1 is 1.26 bits per heavy atom. The molecule has 0 spiro atoms. The Labute approximate surface area is 144 Å². The molecule has 0 radical (unpaired) electrons. The van der Waals surface area contributed by atoms with Crippen molar-refractivity contribution in [2.45, 2.75) is 6.54 Å². The van der Waals surface area contributed by atoms with Crippen LogP contribution < -0.4 is 5.32 Å². The van der Waals surface area contributed by atoms with Crippen LogP contribution in [0.4, 0.5) is 0 Å². The maximum absolute atomic E-state index is 11.9. The number of benzene rings is 1. The van der Waals surface area contributed by atoms with Gasteiger partial charge in [0, 0.05) is 24.7 Å². The molecule has 0 aliphatic heterocycles. The van der Waals surface area contributed by atoms with Crippen LogP contribution in [0.25, 0.3) is 0 Å². The van der Waals surface area contributed by atoms with Gasteiger partial charge < -0.3 is 5.32 Å². The summed E-state index contributed by atoms with van der Waals surface area (Å²) in [5.41, 5.74) is 0.726. The molecule has 0 aliphatic rings. The Hall–Kier alpha value is -1.41. The maximum atomic E-state index is 11.9. The summed E-state index contributed by atoms with van der Waals surface area (Å²) in [6.45, 7) is 0.586. The van der Waals surface area contributed by atoms with Crippen LogP contribution in [0.3, 0.4) is 0 Å². The molecule has 8 heteroatoms. The summed E-state index contributed by atoms with van der Waals surface area (Å²) in [5.74, 6) is -0.203. The van der Waals surface area contributed by atoms with Crippen molar-refractivity contribution in [1.82, 2.24) is 9.62 Å². The normalized spacial score (nSPS) is 11.6. The van der Waals surface area contributed by atoms with Gasteiger partial charge in [0.2, 0.25) is 10.0 Å². The molecule has 0 saturated carbocycles. The van der Waals surface area contributed by atoms with Crippen molar-refractivity contribution in [3.05, 3.63) is 57.2 Å². The second kappa shape index (κ2) is 7.92. The molecule has 0 bridgehead atoms. The number of rotatable bonds is 7. The fourth-order valence-corrected chi connectivity index (χ4v) is 3.60. The molecule has 124 valence electrons. The Bertz CT molecular complexity index is 761. The molecule has 0 saturated heterocycles. The van der Waals surface area contributed by atoms with Crippen LogP contribution in [0.2, 0.25) is 5.02 Å². The van der Waals surface area contributed by atoms with Gasteiger partial charge in [0.05, 0.1) is 11.1 Å². The van der Waals surface area contributed by atoms with Crippen LogP contribution in [0.5, 0.6) is 0 Å². The molecule has 1 aromatic heterocycles. The van der Waals surface area contributed by atoms with Gasteiger partial charge in [-0.3, -0.25) is 4.79 Å². The van der Waals surface area contributed by atoms with Crippen LogP contribution in [-0.2, 0) is 16.6 Å². The number of carbonyl (C=O) groups is 1. The average molecular weight is 373 g/mol. The third-order valence-electron chi connectivity index (χ3n) is 3.17. The van der Waals surface area contributed by atoms with Crippen molar-refractivity contribution in [2.75, 3.05) is 19.3 Å². The summed E-state index contributed by atoms with van der Waals surface area (Å²) in [6.07, 6.45) is 1.14. The standard InChI is InChI=1S/C15H17ClN2O3S2/c1-23(20,21)18(11-12-5-2-3-6-13(12)16)9-8-17-15(19)14-7-4-10-22-14/h2-7,10H,8-9,11H2,1H3,(H,17,19). The highest BCUT2D eigenvalue weighted by atomic mass is 35.5. The van der Waals surface area contributed by atoms with Gasteiger partial charge in [-0.05, 0) is 23.1 Å². The predicted molar refractivity (Wildman–Crippen MR) is 93.4 cm³/mol. The fraction of sp³-hybridized carbons (Fsp3) is 0.267. The summed E-state index contributed by atoms with van der Waals surface area (Å²) in [5, 5.41) is 5.05. The Morgan fingerprint density at radius 2 is 2.00 bits per heavy atom. The third kappa shape index (κ3) is 5.31. The Balaban J connectivity index is 1.97. The molecule has 5 nitrogen and oxygen atoms in total. The molecule has 1 N–H and O–H groups in total. The smallest absolute Gasteiger partial charge is 0.261 e. The number of nitrogens with one attached hydrogen (secondary N) is 1. The Kier molecular flexibility index (Phi) is 6.17. The number of thiophene rings is 1. The summed E-state index contributed by atoms with van der Waals surface area (Å²) < 4.78 is 25.1. The molecule has 2 rings (SSSR count). The van der Waals surface area contributed by atoms with Gasteiger partial charge in [-0.25, -0.2) is 8.42 Å². The number of hydrogen-bond donors (Lipinski definition) is 1. The van der Waals surface area contributed by atoms with E-state index in [2.05, 4.69) is 5.32 Å². The van der Waals surface area contributed by atoms with Crippen molar-refractivity contribution >= 4 is 38.9 Å². The maximum Gasteiger partial charge on any atom is 0.261 e. The van der Waals surface area contributed by atoms with Gasteiger partial charge >= 0.3 is 0 Å². The first kappa shape index (κ1) is 17.9. The number of hydrogen-bond acceptors (Lipinski definition) is 4. The van der Waals surface area contributed by atoms with E-state index in [0.717, 1.165) is 11.8 Å². The molecule has 0 unspecified atom stereocenters. The number of amides is 1. The van der Waals surface area contributed by atoms with E-state index in [1.165, 1.54) is 15.6 Å². The van der Waals surface area contributed by atoms with E-state index in [0.29, 0.717) is 9.90 Å². The topological polar surface area (TPSA) is 66.5 Å². The number of nitrogens with zero attached hydrogens (tertiary/aromatic N) is 1. The van der Waals surface area contributed by atoms with E-state index in [4.69, 9.17) is 11.6 Å². The van der Waals surface area contributed by atoms with E-state index in [-0.39, 0.29) is 25.5 Å². The van der Waals surface area contributed by atoms with E-state index in [1.54, 1.807) is 36.4 Å². The van der Waals surface area contributed by atoms with Crippen molar-refractivity contribution < 1.29 is 13.2 Å². The lowest BCUT2D eigenvalue weighted by molar-refractivity contribution is 0.0955. The van der Waals surface area contributed by atoms with E-state index >= 15 is 0 Å². The molecule has 0 fully saturated rings. The number of sulfonamides is 1. The van der Waals surface area contributed by atoms with Gasteiger partial charge in [0.1, 0.15) is 0 Å². The molecule has 0 aliphatic carbocycles. The molecule has 1 amide bonds. The van der Waals surface area contributed by atoms with Gasteiger partial charge in [-0.15, -0.1) is 11.3 Å². The second-order valence-corrected chi connectivity index (χ2v) is 8.26. The minimum atomic E-state index is -3.41. The van der Waals surface area contributed by atoms with E-state index in [9.17, 15) is 13.2 Å². The molecule has 0 atom stereocenters. The summed E-state index contributed by atoms with van der Waals surface area (Å²) in [7, 11) is -3.41. The van der Waals surface area contributed by atoms with Gasteiger partial charge in [-0.2, -0.15) is 4.31 Å². The van der Waals surface area contributed by atoms with Crippen LogP contribution >= 0.6 is 22.9 Å². The van der Waals surface area contributed by atoms with Crippen molar-refractivity contribution in [3.8, 4) is 0 Å². The quantitative estimate of drug-likeness (QED) is 0.812. The highest BCUT2D eigenvalue weighted by Gasteiger charge is 2.18. The number of carbonyl (C=O) groups excluding carboxylic acids is 1. The number of halogens is 1. The SMILES string of the molecule is CS(=O)(=O)N(CCNC(=O)c1cccs1)Cc1ccccc1Cl. The van der Waals surface area contributed by atoms with Crippen LogP contribution in [0, 0.1) is 0 Å². The lowest BCUT2D eigenvalue weighted by Crippen LogP contribution is -2.37. The molecule has 1 aromatic carbocycles. The van der Waals surface area contributed by atoms with Gasteiger partial charge in [-0.1, -0.05) is 35.9 Å². The molecular weight excluding hydrogens is 356 g/mol. The molecule has 23 heavy (non-hydrogen) atoms. The highest BCUT2D eigenvalue weighted by molar-refractivity contribution is 7.88. The zero-order chi connectivity index (χ0) is 16.9. The third-order valence-corrected chi connectivity index (χ3v) is 5.65. The monoisotopic (exact) mass is 372 g/mol. The van der Waals surface area contributed by atoms with Gasteiger partial charge in [0.25, 0.3) is 5.91 Å². The van der Waals surface area contributed by atoms with Crippen LogP contribution in [-0.4, -0.2) is 38.0 Å². The van der Waals surface area contributed by atoms with Crippen molar-refractivity contribution in [2.24, 2.45) is 0 Å². The van der Waals surface area contributed by atoms with Gasteiger partial charge in [0.15, 0.2) is 0 Å². The summed E-state index contributed by atoms with van der Waals surface area (Å²) in [4.78, 5) is 12.5. The lowest BCUT2D eigenvalue weighted by Gasteiger charge is -2.20.